The zero-order chi connectivity index (χ0) is 24.0. The Kier molecular flexibility index (Phi) is 5.86. The number of carbonyl (C=O) groups is 1. The van der Waals surface area contributed by atoms with Crippen LogP contribution in [0.2, 0.25) is 0 Å². The number of H-pyrrole nitrogens is 1. The first kappa shape index (κ1) is 22.5. The standard InChI is InChI=1S/C22H23F3N6O3/c23-10-1-3-14(25)13(5-10)16-6-11(24)8-31(16)22(34)19-18-20(26-9-27-21(18)30-29-19)28-15-4-2-12(32)7-17(15)33/h1,3,5,9,11-12,15-17,32-33H,2,4,6-8H2,(H2,26,27,28,29,30)/t11-,12+,15?,16+,17+/m0/s1. The topological polar surface area (TPSA) is 127 Å². The number of nitrogens with zero attached hydrogens (tertiary/aromatic N) is 4. The number of anilines is 1. The number of likely N-dealkylation sites (tertiary alicyclic amines) is 1. The third kappa shape index (κ3) is 4.07. The molecule has 2 fully saturated rings. The molecule has 1 saturated carbocycles. The van der Waals surface area contributed by atoms with Crippen LogP contribution >= 0.6 is 0 Å². The van der Waals surface area contributed by atoms with Crippen molar-refractivity contribution in [3.05, 3.63) is 47.4 Å². The highest BCUT2D eigenvalue weighted by atomic mass is 19.1. The van der Waals surface area contributed by atoms with Gasteiger partial charge in [-0.1, -0.05) is 0 Å². The van der Waals surface area contributed by atoms with Gasteiger partial charge in [0.05, 0.1) is 36.2 Å². The molecule has 1 aliphatic carbocycles. The van der Waals surface area contributed by atoms with Gasteiger partial charge >= 0.3 is 0 Å². The van der Waals surface area contributed by atoms with E-state index in [-0.39, 0.29) is 47.5 Å². The lowest BCUT2D eigenvalue weighted by Gasteiger charge is -2.31. The third-order valence-corrected chi connectivity index (χ3v) is 6.50. The van der Waals surface area contributed by atoms with Crippen LogP contribution in [0.4, 0.5) is 19.0 Å². The summed E-state index contributed by atoms with van der Waals surface area (Å²) in [5.41, 5.74) is 0.0471. The van der Waals surface area contributed by atoms with Crippen LogP contribution in [0.25, 0.3) is 11.0 Å². The predicted octanol–water partition coefficient (Wildman–Crippen LogP) is 2.24. The number of rotatable bonds is 4. The minimum atomic E-state index is -1.41. The maximum absolute atomic E-state index is 14.5. The quantitative estimate of drug-likeness (QED) is 0.455. The Bertz CT molecular complexity index is 1220. The van der Waals surface area contributed by atoms with E-state index >= 15 is 0 Å². The monoisotopic (exact) mass is 476 g/mol. The molecule has 1 aromatic carbocycles. The van der Waals surface area contributed by atoms with Gasteiger partial charge in [-0.15, -0.1) is 0 Å². The highest BCUT2D eigenvalue weighted by molar-refractivity contribution is 6.07. The highest BCUT2D eigenvalue weighted by Gasteiger charge is 2.40. The molecule has 0 spiro atoms. The van der Waals surface area contributed by atoms with E-state index in [1.54, 1.807) is 0 Å². The number of fused-ring (bicyclic) bond motifs is 1. The van der Waals surface area contributed by atoms with Crippen LogP contribution in [-0.4, -0.2) is 72.2 Å². The van der Waals surface area contributed by atoms with Crippen molar-refractivity contribution in [1.29, 1.82) is 0 Å². The van der Waals surface area contributed by atoms with Gasteiger partial charge in [0, 0.05) is 18.4 Å². The molecule has 5 atom stereocenters. The summed E-state index contributed by atoms with van der Waals surface area (Å²) in [5, 5.41) is 30.1. The van der Waals surface area contributed by atoms with Crippen molar-refractivity contribution in [3.63, 3.8) is 0 Å². The Morgan fingerprint density at radius 3 is 2.79 bits per heavy atom. The van der Waals surface area contributed by atoms with Crippen LogP contribution in [0.1, 0.15) is 47.8 Å². The lowest BCUT2D eigenvalue weighted by atomic mass is 9.90. The minimum absolute atomic E-state index is 0.0284. The minimum Gasteiger partial charge on any atom is -0.393 e. The van der Waals surface area contributed by atoms with Crippen molar-refractivity contribution in [2.45, 2.75) is 56.1 Å². The first-order chi connectivity index (χ1) is 16.3. The zero-order valence-corrected chi connectivity index (χ0v) is 18.0. The number of alkyl halides is 1. The summed E-state index contributed by atoms with van der Waals surface area (Å²) in [6, 6.07) is 1.46. The van der Waals surface area contributed by atoms with Crippen LogP contribution in [0, 0.1) is 11.6 Å². The second-order valence-electron chi connectivity index (χ2n) is 8.78. The van der Waals surface area contributed by atoms with Crippen LogP contribution in [0.3, 0.4) is 0 Å². The Balaban J connectivity index is 1.49. The number of benzene rings is 1. The van der Waals surface area contributed by atoms with Gasteiger partial charge in [0.1, 0.15) is 35.6 Å². The average Bonchev–Trinajstić information content (AvgIpc) is 3.41. The summed E-state index contributed by atoms with van der Waals surface area (Å²) in [5.74, 6) is -1.83. The van der Waals surface area contributed by atoms with Crippen molar-refractivity contribution < 1.29 is 28.2 Å². The summed E-state index contributed by atoms with van der Waals surface area (Å²) in [6.45, 7) is -0.296. The maximum atomic E-state index is 14.5. The predicted molar refractivity (Wildman–Crippen MR) is 115 cm³/mol. The molecule has 3 heterocycles. The van der Waals surface area contributed by atoms with Gasteiger partial charge < -0.3 is 20.4 Å². The number of aliphatic hydroxyl groups is 2. The van der Waals surface area contributed by atoms with E-state index in [0.717, 1.165) is 23.1 Å². The van der Waals surface area contributed by atoms with Gasteiger partial charge in [0.15, 0.2) is 5.65 Å². The second kappa shape index (κ2) is 8.84. The fraction of sp³-hybridized carbons (Fsp3) is 0.455. The summed E-state index contributed by atoms with van der Waals surface area (Å²) in [4.78, 5) is 22.9. The normalized spacial score (nSPS) is 27.3. The molecule has 2 aliphatic rings. The smallest absolute Gasteiger partial charge is 0.273 e. The van der Waals surface area contributed by atoms with Crippen molar-refractivity contribution in [1.82, 2.24) is 25.1 Å². The van der Waals surface area contributed by atoms with E-state index in [1.165, 1.54) is 6.33 Å². The number of aromatic amines is 1. The molecule has 4 N–H and O–H groups in total. The summed E-state index contributed by atoms with van der Waals surface area (Å²) < 4.78 is 42.6. The number of hydrogen-bond donors (Lipinski definition) is 4. The van der Waals surface area contributed by atoms with Gasteiger partial charge in [0.25, 0.3) is 5.91 Å². The fourth-order valence-corrected chi connectivity index (χ4v) is 4.81. The average molecular weight is 476 g/mol. The number of aromatic nitrogens is 4. The van der Waals surface area contributed by atoms with Crippen LogP contribution in [0.15, 0.2) is 24.5 Å². The molecule has 180 valence electrons. The summed E-state index contributed by atoms with van der Waals surface area (Å²) in [7, 11) is 0. The lowest BCUT2D eigenvalue weighted by molar-refractivity contribution is 0.0322. The molecule has 0 radical (unpaired) electrons. The molecule has 5 rings (SSSR count). The Hall–Kier alpha value is -3.25. The van der Waals surface area contributed by atoms with Crippen LogP contribution < -0.4 is 5.32 Å². The molecule has 1 aliphatic heterocycles. The van der Waals surface area contributed by atoms with E-state index in [9.17, 15) is 28.2 Å². The van der Waals surface area contributed by atoms with E-state index < -0.39 is 48.0 Å². The lowest BCUT2D eigenvalue weighted by Crippen LogP contribution is -2.41. The maximum Gasteiger partial charge on any atom is 0.273 e. The zero-order valence-electron chi connectivity index (χ0n) is 18.0. The Labute approximate surface area is 192 Å². The Morgan fingerprint density at radius 1 is 1.18 bits per heavy atom. The van der Waals surface area contributed by atoms with E-state index in [0.29, 0.717) is 12.8 Å². The molecule has 34 heavy (non-hydrogen) atoms. The molecule has 3 aromatic rings. The number of nitrogens with one attached hydrogen (secondary N) is 2. The second-order valence-corrected chi connectivity index (χ2v) is 8.78. The highest BCUT2D eigenvalue weighted by Crippen LogP contribution is 2.37. The molecule has 1 unspecified atom stereocenters. The largest absolute Gasteiger partial charge is 0.393 e. The number of carbonyl (C=O) groups excluding carboxylic acids is 1. The molecule has 2 aromatic heterocycles. The van der Waals surface area contributed by atoms with Crippen molar-refractivity contribution >= 4 is 22.8 Å². The first-order valence-corrected chi connectivity index (χ1v) is 11.0. The van der Waals surface area contributed by atoms with Gasteiger partial charge in [-0.05, 0) is 31.0 Å². The molecule has 9 nitrogen and oxygen atoms in total. The number of aliphatic hydroxyl groups excluding tert-OH is 2. The number of amides is 1. The Morgan fingerprint density at radius 2 is 2.00 bits per heavy atom. The molecule has 1 saturated heterocycles. The van der Waals surface area contributed by atoms with Gasteiger partial charge in [-0.25, -0.2) is 23.1 Å². The SMILES string of the molecule is O=C(c1[nH]nc2ncnc(NC3CC[C@@H](O)C[C@H]3O)c12)N1C[C@@H](F)C[C@@H]1c1cc(F)ccc1F. The molecule has 1 amide bonds. The van der Waals surface area contributed by atoms with Crippen LogP contribution in [-0.2, 0) is 0 Å². The first-order valence-electron chi connectivity index (χ1n) is 11.0. The molecule has 0 bridgehead atoms. The van der Waals surface area contributed by atoms with Gasteiger partial charge in [-0.3, -0.25) is 9.89 Å². The number of halogens is 3. The summed E-state index contributed by atoms with van der Waals surface area (Å²) >= 11 is 0. The molecular formula is C22H23F3N6O3. The fourth-order valence-electron chi connectivity index (χ4n) is 4.81. The van der Waals surface area contributed by atoms with E-state index in [2.05, 4.69) is 25.5 Å². The van der Waals surface area contributed by atoms with Gasteiger partial charge in [0.2, 0.25) is 0 Å². The van der Waals surface area contributed by atoms with E-state index in [1.807, 2.05) is 0 Å². The summed E-state index contributed by atoms with van der Waals surface area (Å²) in [6.07, 6.45) is -0.574. The van der Waals surface area contributed by atoms with Crippen molar-refractivity contribution in [2.75, 3.05) is 11.9 Å². The van der Waals surface area contributed by atoms with Gasteiger partial charge in [-0.2, -0.15) is 5.10 Å². The third-order valence-electron chi connectivity index (χ3n) is 6.50. The molecular weight excluding hydrogens is 453 g/mol. The molecule has 12 heteroatoms. The van der Waals surface area contributed by atoms with E-state index in [4.69, 9.17) is 0 Å². The van der Waals surface area contributed by atoms with Crippen LogP contribution in [0.5, 0.6) is 0 Å². The van der Waals surface area contributed by atoms with Crippen molar-refractivity contribution in [2.24, 2.45) is 0 Å². The number of hydrogen-bond acceptors (Lipinski definition) is 7. The van der Waals surface area contributed by atoms with Crippen molar-refractivity contribution in [3.8, 4) is 0 Å².